The van der Waals surface area contributed by atoms with Crippen LogP contribution in [-0.4, -0.2) is 5.97 Å². The van der Waals surface area contributed by atoms with E-state index in [-0.39, 0.29) is 5.97 Å². The number of benzene rings is 5. The molecule has 38 heavy (non-hydrogen) atoms. The Balaban J connectivity index is 1.43. The highest BCUT2D eigenvalue weighted by Crippen LogP contribution is 2.56. The Labute approximate surface area is 220 Å². The molecule has 0 saturated heterocycles. The second-order valence-corrected chi connectivity index (χ2v) is 9.54. The van der Waals surface area contributed by atoms with Crippen LogP contribution in [0.3, 0.4) is 0 Å². The molecular weight excluding hydrogens is 472 g/mol. The number of ether oxygens (including phenoxy) is 2. The maximum Gasteiger partial charge on any atom is 0.340 e. The van der Waals surface area contributed by atoms with Gasteiger partial charge in [0, 0.05) is 16.7 Å². The lowest BCUT2D eigenvalue weighted by Gasteiger charge is -2.37. The van der Waals surface area contributed by atoms with Crippen LogP contribution in [0.1, 0.15) is 32.6 Å². The van der Waals surface area contributed by atoms with E-state index in [0.29, 0.717) is 17.1 Å². The minimum absolute atomic E-state index is 0.341. The molecule has 0 fully saturated rings. The Morgan fingerprint density at radius 3 is 2.16 bits per heavy atom. The summed E-state index contributed by atoms with van der Waals surface area (Å²) >= 11 is 0. The van der Waals surface area contributed by atoms with Crippen molar-refractivity contribution in [3.8, 4) is 11.5 Å². The van der Waals surface area contributed by atoms with Gasteiger partial charge in [-0.1, -0.05) is 72.3 Å². The summed E-state index contributed by atoms with van der Waals surface area (Å²) in [5, 5.41) is 2.03. The van der Waals surface area contributed by atoms with Crippen LogP contribution < -0.4 is 15.2 Å². The Bertz CT molecular complexity index is 1680. The molecule has 0 saturated carbocycles. The second-order valence-electron chi connectivity index (χ2n) is 9.54. The van der Waals surface area contributed by atoms with Gasteiger partial charge in [-0.05, 0) is 61.5 Å². The number of aryl methyl sites for hydroxylation is 1. The fourth-order valence-corrected chi connectivity index (χ4v) is 5.36. The molecule has 0 aliphatic carbocycles. The van der Waals surface area contributed by atoms with Gasteiger partial charge in [0.1, 0.15) is 11.5 Å². The van der Waals surface area contributed by atoms with Crippen molar-refractivity contribution in [3.63, 3.8) is 0 Å². The second kappa shape index (κ2) is 8.53. The van der Waals surface area contributed by atoms with E-state index in [1.54, 1.807) is 0 Å². The summed E-state index contributed by atoms with van der Waals surface area (Å²) in [4.78, 5) is 13.2. The maximum absolute atomic E-state index is 13.2. The van der Waals surface area contributed by atoms with E-state index in [9.17, 15) is 4.79 Å². The normalized spacial score (nSPS) is 16.6. The van der Waals surface area contributed by atoms with Gasteiger partial charge in [-0.2, -0.15) is 0 Å². The fraction of sp³-hybridized carbons (Fsp3) is 0.0606. The van der Waals surface area contributed by atoms with Gasteiger partial charge in [-0.25, -0.2) is 4.79 Å². The standard InChI is InChI=1S/C33H24N2O3/c1-22-15-17-23(18-16-22)34-35(24-9-3-2-4-10-24)25-19-20-31-29(21-25)33(28-13-7-8-14-30(28)37-31)27-12-6-5-11-26(27)32(36)38-33/h2-21,34H,1H3. The van der Waals surface area contributed by atoms with E-state index < -0.39 is 5.60 Å². The van der Waals surface area contributed by atoms with Gasteiger partial charge in [0.05, 0.1) is 22.6 Å². The molecule has 0 amide bonds. The van der Waals surface area contributed by atoms with Crippen LogP contribution >= 0.6 is 0 Å². The highest BCUT2D eigenvalue weighted by Gasteiger charge is 2.53. The number of nitrogens with zero attached hydrogens (tertiary/aromatic N) is 1. The zero-order valence-corrected chi connectivity index (χ0v) is 20.7. The van der Waals surface area contributed by atoms with Crippen molar-refractivity contribution >= 4 is 23.0 Å². The molecule has 1 unspecified atom stereocenters. The Morgan fingerprint density at radius 1 is 0.658 bits per heavy atom. The molecule has 5 nitrogen and oxygen atoms in total. The number of anilines is 3. The number of hydrogen-bond donors (Lipinski definition) is 1. The molecule has 2 heterocycles. The van der Waals surface area contributed by atoms with Crippen LogP contribution in [0.4, 0.5) is 17.1 Å². The first kappa shape index (κ1) is 22.2. The molecule has 0 aromatic heterocycles. The van der Waals surface area contributed by atoms with Crippen molar-refractivity contribution in [2.75, 3.05) is 10.4 Å². The first-order chi connectivity index (χ1) is 18.6. The summed E-state index contributed by atoms with van der Waals surface area (Å²) < 4.78 is 12.7. The van der Waals surface area contributed by atoms with Crippen molar-refractivity contribution in [3.05, 3.63) is 149 Å². The molecule has 1 spiro atoms. The quantitative estimate of drug-likeness (QED) is 0.204. The van der Waals surface area contributed by atoms with E-state index in [1.165, 1.54) is 5.56 Å². The predicted octanol–water partition coefficient (Wildman–Crippen LogP) is 7.73. The van der Waals surface area contributed by atoms with Crippen molar-refractivity contribution < 1.29 is 14.3 Å². The number of para-hydroxylation sites is 2. The molecule has 184 valence electrons. The lowest BCUT2D eigenvalue weighted by atomic mass is 9.77. The van der Waals surface area contributed by atoms with Crippen molar-refractivity contribution in [2.24, 2.45) is 0 Å². The van der Waals surface area contributed by atoms with E-state index in [2.05, 4.69) is 42.7 Å². The molecule has 1 atom stereocenters. The lowest BCUT2D eigenvalue weighted by molar-refractivity contribution is 0.0224. The highest BCUT2D eigenvalue weighted by atomic mass is 16.6. The third-order valence-electron chi connectivity index (χ3n) is 7.17. The smallest absolute Gasteiger partial charge is 0.340 e. The van der Waals surface area contributed by atoms with Crippen LogP contribution in [0.2, 0.25) is 0 Å². The molecule has 2 aliphatic heterocycles. The number of hydrogen-bond acceptors (Lipinski definition) is 5. The summed E-state index contributed by atoms with van der Waals surface area (Å²) in [5.74, 6) is 0.988. The van der Waals surface area contributed by atoms with E-state index >= 15 is 0 Å². The summed E-state index contributed by atoms with van der Waals surface area (Å²) in [5.41, 5.74) is 9.39. The van der Waals surface area contributed by atoms with Crippen LogP contribution in [0.5, 0.6) is 11.5 Å². The van der Waals surface area contributed by atoms with Crippen LogP contribution in [0, 0.1) is 6.92 Å². The molecular formula is C33H24N2O3. The molecule has 5 heteroatoms. The number of rotatable bonds is 4. The van der Waals surface area contributed by atoms with Crippen molar-refractivity contribution in [1.82, 2.24) is 0 Å². The minimum atomic E-state index is -1.11. The van der Waals surface area contributed by atoms with E-state index in [1.807, 2.05) is 96.0 Å². The average molecular weight is 497 g/mol. The number of fused-ring (bicyclic) bond motifs is 6. The fourth-order valence-electron chi connectivity index (χ4n) is 5.36. The number of carbonyl (C=O) groups excluding carboxylic acids is 1. The topological polar surface area (TPSA) is 50.8 Å². The molecule has 7 rings (SSSR count). The van der Waals surface area contributed by atoms with Gasteiger partial charge < -0.3 is 9.47 Å². The zero-order chi connectivity index (χ0) is 25.7. The minimum Gasteiger partial charge on any atom is -0.456 e. The molecule has 5 aromatic carbocycles. The Morgan fingerprint density at radius 2 is 1.34 bits per heavy atom. The number of hydrazine groups is 1. The van der Waals surface area contributed by atoms with Gasteiger partial charge in [-0.3, -0.25) is 10.4 Å². The first-order valence-electron chi connectivity index (χ1n) is 12.6. The van der Waals surface area contributed by atoms with Gasteiger partial charge in [-0.15, -0.1) is 0 Å². The van der Waals surface area contributed by atoms with Gasteiger partial charge in [0.2, 0.25) is 0 Å². The molecule has 0 bridgehead atoms. The first-order valence-corrected chi connectivity index (χ1v) is 12.6. The van der Waals surface area contributed by atoms with Gasteiger partial charge >= 0.3 is 5.97 Å². The maximum atomic E-state index is 13.2. The number of esters is 1. The summed E-state index contributed by atoms with van der Waals surface area (Å²) in [6.07, 6.45) is 0. The van der Waals surface area contributed by atoms with E-state index in [4.69, 9.17) is 9.47 Å². The summed E-state index contributed by atoms with van der Waals surface area (Å²) in [7, 11) is 0. The number of nitrogens with one attached hydrogen (secondary N) is 1. The Kier molecular flexibility index (Phi) is 4.98. The van der Waals surface area contributed by atoms with Gasteiger partial charge in [0.15, 0.2) is 5.60 Å². The monoisotopic (exact) mass is 496 g/mol. The molecule has 5 aromatic rings. The third-order valence-corrected chi connectivity index (χ3v) is 7.17. The largest absolute Gasteiger partial charge is 0.456 e. The molecule has 2 aliphatic rings. The Hall–Kier alpha value is -5.03. The van der Waals surface area contributed by atoms with Crippen LogP contribution in [0.25, 0.3) is 0 Å². The van der Waals surface area contributed by atoms with Crippen LogP contribution in [0.15, 0.2) is 121 Å². The average Bonchev–Trinajstić information content (AvgIpc) is 3.26. The zero-order valence-electron chi connectivity index (χ0n) is 20.7. The third kappa shape index (κ3) is 3.36. The van der Waals surface area contributed by atoms with Crippen molar-refractivity contribution in [2.45, 2.75) is 12.5 Å². The number of carbonyl (C=O) groups is 1. The molecule has 1 N–H and O–H groups in total. The van der Waals surface area contributed by atoms with E-state index in [0.717, 1.165) is 33.8 Å². The summed E-state index contributed by atoms with van der Waals surface area (Å²) in [6.45, 7) is 2.07. The lowest BCUT2D eigenvalue weighted by Crippen LogP contribution is -2.33. The van der Waals surface area contributed by atoms with Crippen molar-refractivity contribution in [1.29, 1.82) is 0 Å². The van der Waals surface area contributed by atoms with Crippen LogP contribution in [-0.2, 0) is 10.3 Å². The highest BCUT2D eigenvalue weighted by molar-refractivity contribution is 5.97. The SMILES string of the molecule is Cc1ccc(NN(c2ccccc2)c2ccc3c(c2)C2(OC(=O)c4ccccc42)c2ccccc2O3)cc1. The molecule has 0 radical (unpaired) electrons. The summed E-state index contributed by atoms with van der Waals surface area (Å²) in [6, 6.07) is 39.7. The van der Waals surface area contributed by atoms with Gasteiger partial charge in [0.25, 0.3) is 0 Å². The predicted molar refractivity (Wildman–Crippen MR) is 148 cm³/mol.